The first-order chi connectivity index (χ1) is 5.27. The zero-order chi connectivity index (χ0) is 7.84. The van der Waals surface area contributed by atoms with Crippen LogP contribution in [0.3, 0.4) is 0 Å². The minimum Gasteiger partial charge on any atom is -0.334 e. The molecule has 0 aliphatic carbocycles. The standard InChI is InChI=1S/C7H10N2O2/c10-6-4-9-5(8-6)2-1-3-7(9)11/h5H,1-4H2,(H,8,10). The predicted octanol–water partition coefficient (Wildman–Crippen LogP) is -0.545. The quantitative estimate of drug-likeness (QED) is 0.509. The summed E-state index contributed by atoms with van der Waals surface area (Å²) in [6.07, 6.45) is 2.42. The highest BCUT2D eigenvalue weighted by Crippen LogP contribution is 2.18. The number of hydrogen-bond acceptors (Lipinski definition) is 2. The van der Waals surface area contributed by atoms with Crippen molar-refractivity contribution < 1.29 is 9.59 Å². The predicted molar refractivity (Wildman–Crippen MR) is 37.5 cm³/mol. The molecule has 2 amide bonds. The van der Waals surface area contributed by atoms with E-state index in [1.165, 1.54) is 0 Å². The van der Waals surface area contributed by atoms with Gasteiger partial charge in [-0.05, 0) is 12.8 Å². The van der Waals surface area contributed by atoms with Crippen molar-refractivity contribution in [1.29, 1.82) is 0 Å². The lowest BCUT2D eigenvalue weighted by atomic mass is 10.1. The molecule has 2 rings (SSSR count). The number of amides is 2. The molecular weight excluding hydrogens is 144 g/mol. The lowest BCUT2D eigenvalue weighted by Gasteiger charge is -2.27. The lowest BCUT2D eigenvalue weighted by Crippen LogP contribution is -2.43. The summed E-state index contributed by atoms with van der Waals surface area (Å²) in [5.41, 5.74) is 0. The van der Waals surface area contributed by atoms with Crippen molar-refractivity contribution in [2.45, 2.75) is 25.4 Å². The molecule has 4 heteroatoms. The number of carbonyl (C=O) groups excluding carboxylic acids is 2. The van der Waals surface area contributed by atoms with Crippen LogP contribution in [-0.4, -0.2) is 29.4 Å². The molecule has 0 spiro atoms. The molecule has 11 heavy (non-hydrogen) atoms. The molecule has 1 unspecified atom stereocenters. The van der Waals surface area contributed by atoms with Crippen LogP contribution in [0.4, 0.5) is 0 Å². The molecule has 1 N–H and O–H groups in total. The summed E-state index contributed by atoms with van der Waals surface area (Å²) >= 11 is 0. The van der Waals surface area contributed by atoms with Gasteiger partial charge in [0.2, 0.25) is 11.8 Å². The SMILES string of the molecule is O=C1CN2C(=O)CCCC2N1. The van der Waals surface area contributed by atoms with E-state index in [9.17, 15) is 9.59 Å². The minimum atomic E-state index is -0.0229. The molecule has 2 heterocycles. The van der Waals surface area contributed by atoms with E-state index in [0.717, 1.165) is 12.8 Å². The zero-order valence-corrected chi connectivity index (χ0v) is 6.17. The first kappa shape index (κ1) is 6.64. The average molecular weight is 154 g/mol. The second-order valence-electron chi connectivity index (χ2n) is 3.00. The third-order valence-electron chi connectivity index (χ3n) is 2.21. The van der Waals surface area contributed by atoms with Gasteiger partial charge >= 0.3 is 0 Å². The van der Waals surface area contributed by atoms with Crippen LogP contribution < -0.4 is 5.32 Å². The van der Waals surface area contributed by atoms with Crippen LogP contribution in [0.2, 0.25) is 0 Å². The van der Waals surface area contributed by atoms with Gasteiger partial charge in [0.05, 0.1) is 0 Å². The Balaban J connectivity index is 2.15. The van der Waals surface area contributed by atoms with Crippen molar-refractivity contribution in [1.82, 2.24) is 10.2 Å². The van der Waals surface area contributed by atoms with Crippen molar-refractivity contribution in [2.75, 3.05) is 6.54 Å². The Morgan fingerprint density at radius 1 is 1.45 bits per heavy atom. The lowest BCUT2D eigenvalue weighted by molar-refractivity contribution is -0.135. The van der Waals surface area contributed by atoms with Crippen LogP contribution in [0.25, 0.3) is 0 Å². The summed E-state index contributed by atoms with van der Waals surface area (Å²) in [4.78, 5) is 23.6. The minimum absolute atomic E-state index is 0.00347. The summed E-state index contributed by atoms with van der Waals surface area (Å²) in [7, 11) is 0. The summed E-state index contributed by atoms with van der Waals surface area (Å²) in [5, 5.41) is 2.75. The highest BCUT2D eigenvalue weighted by Gasteiger charge is 2.35. The second kappa shape index (κ2) is 2.22. The molecule has 0 aromatic heterocycles. The van der Waals surface area contributed by atoms with Crippen molar-refractivity contribution in [3.8, 4) is 0 Å². The Hall–Kier alpha value is -1.06. The molecule has 2 fully saturated rings. The Kier molecular flexibility index (Phi) is 1.34. The smallest absolute Gasteiger partial charge is 0.241 e. The third kappa shape index (κ3) is 0.982. The maximum absolute atomic E-state index is 11.2. The van der Waals surface area contributed by atoms with E-state index in [0.29, 0.717) is 6.42 Å². The van der Waals surface area contributed by atoms with Crippen LogP contribution >= 0.6 is 0 Å². The van der Waals surface area contributed by atoms with E-state index in [2.05, 4.69) is 5.32 Å². The number of hydrogen-bond donors (Lipinski definition) is 1. The third-order valence-corrected chi connectivity index (χ3v) is 2.21. The van der Waals surface area contributed by atoms with Crippen LogP contribution in [0.1, 0.15) is 19.3 Å². The summed E-state index contributed by atoms with van der Waals surface area (Å²) in [5.74, 6) is 0.0878. The molecule has 0 saturated carbocycles. The van der Waals surface area contributed by atoms with E-state index in [-0.39, 0.29) is 24.5 Å². The molecule has 2 saturated heterocycles. The highest BCUT2D eigenvalue weighted by atomic mass is 16.2. The molecule has 0 bridgehead atoms. The van der Waals surface area contributed by atoms with Crippen molar-refractivity contribution in [2.24, 2.45) is 0 Å². The Bertz CT molecular complexity index is 214. The molecular formula is C7H10N2O2. The molecule has 2 aliphatic rings. The van der Waals surface area contributed by atoms with Crippen molar-refractivity contribution >= 4 is 11.8 Å². The maximum Gasteiger partial charge on any atom is 0.241 e. The van der Waals surface area contributed by atoms with Gasteiger partial charge in [-0.2, -0.15) is 0 Å². The molecule has 2 aliphatic heterocycles. The van der Waals surface area contributed by atoms with E-state index in [4.69, 9.17) is 0 Å². The molecule has 0 aromatic carbocycles. The van der Waals surface area contributed by atoms with Crippen molar-refractivity contribution in [3.05, 3.63) is 0 Å². The Morgan fingerprint density at radius 2 is 2.27 bits per heavy atom. The molecule has 4 nitrogen and oxygen atoms in total. The van der Waals surface area contributed by atoms with Gasteiger partial charge in [0.25, 0.3) is 0 Å². The van der Waals surface area contributed by atoms with Gasteiger partial charge in [0, 0.05) is 6.42 Å². The van der Waals surface area contributed by atoms with Gasteiger partial charge in [0.1, 0.15) is 12.7 Å². The fourth-order valence-corrected chi connectivity index (χ4v) is 1.65. The molecule has 60 valence electrons. The number of carbonyl (C=O) groups is 2. The fourth-order valence-electron chi connectivity index (χ4n) is 1.65. The van der Waals surface area contributed by atoms with Crippen LogP contribution in [0, 0.1) is 0 Å². The number of nitrogens with one attached hydrogen (secondary N) is 1. The highest BCUT2D eigenvalue weighted by molar-refractivity contribution is 5.88. The van der Waals surface area contributed by atoms with Crippen molar-refractivity contribution in [3.63, 3.8) is 0 Å². The Morgan fingerprint density at radius 3 is 3.00 bits per heavy atom. The number of rotatable bonds is 0. The summed E-state index contributed by atoms with van der Waals surface area (Å²) in [6, 6.07) is 0. The second-order valence-corrected chi connectivity index (χ2v) is 3.00. The molecule has 0 radical (unpaired) electrons. The largest absolute Gasteiger partial charge is 0.334 e. The summed E-state index contributed by atoms with van der Waals surface area (Å²) < 4.78 is 0. The van der Waals surface area contributed by atoms with Crippen LogP contribution in [-0.2, 0) is 9.59 Å². The van der Waals surface area contributed by atoms with Gasteiger partial charge in [-0.25, -0.2) is 0 Å². The number of piperidine rings is 1. The molecule has 0 aromatic rings. The van der Waals surface area contributed by atoms with Crippen LogP contribution in [0.15, 0.2) is 0 Å². The first-order valence-electron chi connectivity index (χ1n) is 3.86. The van der Waals surface area contributed by atoms with Gasteiger partial charge in [0.15, 0.2) is 0 Å². The molecule has 1 atom stereocenters. The average Bonchev–Trinajstić information content (AvgIpc) is 2.31. The van der Waals surface area contributed by atoms with E-state index >= 15 is 0 Å². The van der Waals surface area contributed by atoms with Gasteiger partial charge < -0.3 is 10.2 Å². The van der Waals surface area contributed by atoms with E-state index < -0.39 is 0 Å². The maximum atomic E-state index is 11.2. The Labute approximate surface area is 64.5 Å². The van der Waals surface area contributed by atoms with Crippen LogP contribution in [0.5, 0.6) is 0 Å². The van der Waals surface area contributed by atoms with Gasteiger partial charge in [-0.3, -0.25) is 9.59 Å². The topological polar surface area (TPSA) is 49.4 Å². The number of nitrogens with zero attached hydrogens (tertiary/aromatic N) is 1. The van der Waals surface area contributed by atoms with E-state index in [1.807, 2.05) is 0 Å². The fraction of sp³-hybridized carbons (Fsp3) is 0.714. The van der Waals surface area contributed by atoms with Gasteiger partial charge in [-0.1, -0.05) is 0 Å². The summed E-state index contributed by atoms with van der Waals surface area (Å²) in [6.45, 7) is 0.267. The van der Waals surface area contributed by atoms with E-state index in [1.54, 1.807) is 4.90 Å². The monoisotopic (exact) mass is 154 g/mol. The van der Waals surface area contributed by atoms with Gasteiger partial charge in [-0.15, -0.1) is 0 Å². The normalized spacial score (nSPS) is 30.2. The number of fused-ring (bicyclic) bond motifs is 1. The zero-order valence-electron chi connectivity index (χ0n) is 6.17. The first-order valence-corrected chi connectivity index (χ1v) is 3.86.